The lowest BCUT2D eigenvalue weighted by molar-refractivity contribution is 0.101. The molecule has 3 rings (SSSR count). The molecule has 156 valence electrons. The molecule has 1 aromatic heterocycles. The molecule has 2 aromatic rings. The van der Waals surface area contributed by atoms with Crippen molar-refractivity contribution in [2.45, 2.75) is 37.6 Å². The maximum absolute atomic E-state index is 12.7. The Hall–Kier alpha value is -2.59. The number of ketones is 1. The van der Waals surface area contributed by atoms with Gasteiger partial charge in [0.25, 0.3) is 0 Å². The summed E-state index contributed by atoms with van der Waals surface area (Å²) in [6.07, 6.45) is 3.35. The summed E-state index contributed by atoms with van der Waals surface area (Å²) in [5.74, 6) is 1.20. The molecule has 29 heavy (non-hydrogen) atoms. The number of nitrogens with zero attached hydrogens (tertiary/aromatic N) is 5. The quantitative estimate of drug-likeness (QED) is 0.676. The normalized spacial score (nSPS) is 14.7. The second kappa shape index (κ2) is 8.83. The van der Waals surface area contributed by atoms with Gasteiger partial charge in [0.15, 0.2) is 11.6 Å². The molecule has 1 fully saturated rings. The van der Waals surface area contributed by atoms with Crippen LogP contribution in [0.3, 0.4) is 0 Å². The molecule has 1 N–H and O–H groups in total. The largest absolute Gasteiger partial charge is 0.347 e. The smallest absolute Gasteiger partial charge is 0.240 e. The second-order valence-electron chi connectivity index (χ2n) is 7.20. The molecule has 9 nitrogen and oxygen atoms in total. The molecule has 0 atom stereocenters. The minimum Gasteiger partial charge on any atom is -0.347 e. The van der Waals surface area contributed by atoms with E-state index in [1.54, 1.807) is 17.0 Å². The number of nitrogens with one attached hydrogen (secondary N) is 1. The molecule has 0 bridgehead atoms. The third kappa shape index (κ3) is 5.27. The van der Waals surface area contributed by atoms with Gasteiger partial charge < -0.3 is 9.80 Å². The fraction of sp³-hybridized carbons (Fsp3) is 0.474. The number of anilines is 2. The molecule has 0 aliphatic carbocycles. The van der Waals surface area contributed by atoms with E-state index in [0.29, 0.717) is 23.3 Å². The fourth-order valence-electron chi connectivity index (χ4n) is 3.03. The monoisotopic (exact) mass is 418 g/mol. The number of sulfonamides is 1. The number of hydrogen-bond donors (Lipinski definition) is 1. The Kier molecular flexibility index (Phi) is 6.43. The van der Waals surface area contributed by atoms with Crippen LogP contribution in [0.1, 0.15) is 42.4 Å². The first-order chi connectivity index (χ1) is 13.8. The summed E-state index contributed by atoms with van der Waals surface area (Å²) < 4.78 is 27.9. The Morgan fingerprint density at radius 2 is 1.86 bits per heavy atom. The lowest BCUT2D eigenvalue weighted by Crippen LogP contribution is -2.33. The van der Waals surface area contributed by atoms with Crippen molar-refractivity contribution in [3.05, 3.63) is 35.7 Å². The third-order valence-electron chi connectivity index (χ3n) is 4.67. The Labute approximate surface area is 171 Å². The minimum absolute atomic E-state index is 0.0309. The Morgan fingerprint density at radius 1 is 1.14 bits per heavy atom. The second-order valence-corrected chi connectivity index (χ2v) is 8.97. The van der Waals surface area contributed by atoms with Crippen molar-refractivity contribution >= 4 is 27.7 Å². The summed E-state index contributed by atoms with van der Waals surface area (Å²) in [5.41, 5.74) is 0.343. The average Bonchev–Trinajstić information content (AvgIpc) is 2.73. The summed E-state index contributed by atoms with van der Waals surface area (Å²) in [6, 6.07) is 5.95. The highest BCUT2D eigenvalue weighted by molar-refractivity contribution is 7.89. The van der Waals surface area contributed by atoms with E-state index in [0.717, 1.165) is 25.9 Å². The van der Waals surface area contributed by atoms with Crippen molar-refractivity contribution in [1.29, 1.82) is 0 Å². The highest BCUT2D eigenvalue weighted by Gasteiger charge is 2.19. The van der Waals surface area contributed by atoms with Crippen LogP contribution in [0, 0.1) is 0 Å². The zero-order valence-corrected chi connectivity index (χ0v) is 17.7. The summed E-state index contributed by atoms with van der Waals surface area (Å²) in [6.45, 7) is 3.07. The third-order valence-corrected chi connectivity index (χ3v) is 6.07. The van der Waals surface area contributed by atoms with Gasteiger partial charge in [-0.1, -0.05) is 12.1 Å². The number of piperidine rings is 1. The molecule has 0 spiro atoms. The highest BCUT2D eigenvalue weighted by atomic mass is 32.2. The molecule has 1 aliphatic rings. The van der Waals surface area contributed by atoms with Crippen molar-refractivity contribution in [2.75, 3.05) is 37.0 Å². The lowest BCUT2D eigenvalue weighted by atomic mass is 10.1. The zero-order valence-electron chi connectivity index (χ0n) is 16.9. The van der Waals surface area contributed by atoms with Gasteiger partial charge in [0.1, 0.15) is 0 Å². The summed E-state index contributed by atoms with van der Waals surface area (Å²) in [4.78, 5) is 28.8. The predicted octanol–water partition coefficient (Wildman–Crippen LogP) is 1.61. The first-order valence-electron chi connectivity index (χ1n) is 9.54. The molecule has 10 heteroatoms. The first-order valence-corrected chi connectivity index (χ1v) is 11.0. The number of hydrogen-bond acceptors (Lipinski definition) is 8. The van der Waals surface area contributed by atoms with Crippen LogP contribution in [0.15, 0.2) is 29.2 Å². The van der Waals surface area contributed by atoms with Crippen molar-refractivity contribution < 1.29 is 13.2 Å². The molecule has 2 heterocycles. The maximum Gasteiger partial charge on any atom is 0.240 e. The molecule has 0 saturated carbocycles. The summed E-state index contributed by atoms with van der Waals surface area (Å²) in [7, 11) is -0.155. The van der Waals surface area contributed by atoms with E-state index in [9.17, 15) is 13.2 Å². The molecule has 1 aromatic carbocycles. The average molecular weight is 419 g/mol. The van der Waals surface area contributed by atoms with Gasteiger partial charge in [-0.15, -0.1) is 0 Å². The van der Waals surface area contributed by atoms with Gasteiger partial charge in [0.2, 0.25) is 21.9 Å². The number of Topliss-reactive ketones (excluding diaryl/α,β-unsaturated/α-hetero) is 1. The van der Waals surface area contributed by atoms with Crippen LogP contribution < -0.4 is 14.5 Å². The molecule has 1 aliphatic heterocycles. The van der Waals surface area contributed by atoms with Gasteiger partial charge in [-0.3, -0.25) is 4.79 Å². The standard InChI is InChI=1S/C19H26N6O3S/c1-14(26)15-8-7-9-16(12-15)29(27,28)20-13-17-21-18(24(2)3)23-19(22-17)25-10-5-4-6-11-25/h7-9,12,20H,4-6,10-11,13H2,1-3H3. The van der Waals surface area contributed by atoms with Crippen LogP contribution in [0.4, 0.5) is 11.9 Å². The summed E-state index contributed by atoms with van der Waals surface area (Å²) in [5, 5.41) is 0. The number of benzene rings is 1. The Bertz CT molecular complexity index is 987. The SMILES string of the molecule is CC(=O)c1cccc(S(=O)(=O)NCc2nc(N(C)C)nc(N3CCCCC3)n2)c1. The lowest BCUT2D eigenvalue weighted by Gasteiger charge is -2.27. The first kappa shape index (κ1) is 21.1. The van der Waals surface area contributed by atoms with Crippen molar-refractivity contribution in [2.24, 2.45) is 0 Å². The molecular weight excluding hydrogens is 392 g/mol. The van der Waals surface area contributed by atoms with Crippen LogP contribution in [0.5, 0.6) is 0 Å². The van der Waals surface area contributed by atoms with E-state index in [-0.39, 0.29) is 17.2 Å². The van der Waals surface area contributed by atoms with Crippen molar-refractivity contribution in [3.63, 3.8) is 0 Å². The molecule has 0 unspecified atom stereocenters. The van der Waals surface area contributed by atoms with E-state index in [4.69, 9.17) is 0 Å². The Balaban J connectivity index is 1.82. The minimum atomic E-state index is -3.82. The topological polar surface area (TPSA) is 108 Å². The van der Waals surface area contributed by atoms with Crippen LogP contribution in [-0.4, -0.2) is 56.3 Å². The van der Waals surface area contributed by atoms with E-state index in [1.807, 2.05) is 14.1 Å². The predicted molar refractivity (Wildman–Crippen MR) is 111 cm³/mol. The van der Waals surface area contributed by atoms with Crippen molar-refractivity contribution in [3.8, 4) is 0 Å². The fourth-order valence-corrected chi connectivity index (χ4v) is 4.06. The Morgan fingerprint density at radius 3 is 2.52 bits per heavy atom. The van der Waals surface area contributed by atoms with E-state index >= 15 is 0 Å². The van der Waals surface area contributed by atoms with E-state index in [2.05, 4.69) is 24.6 Å². The van der Waals surface area contributed by atoms with Crippen molar-refractivity contribution in [1.82, 2.24) is 19.7 Å². The number of rotatable bonds is 7. The number of aromatic nitrogens is 3. The van der Waals surface area contributed by atoms with Crippen LogP contribution in [0.25, 0.3) is 0 Å². The van der Waals surface area contributed by atoms with Gasteiger partial charge in [-0.2, -0.15) is 15.0 Å². The van der Waals surface area contributed by atoms with Crippen LogP contribution >= 0.6 is 0 Å². The van der Waals surface area contributed by atoms with Gasteiger partial charge in [-0.25, -0.2) is 13.1 Å². The molecule has 0 amide bonds. The van der Waals surface area contributed by atoms with Gasteiger partial charge in [0, 0.05) is 32.7 Å². The van der Waals surface area contributed by atoms with Gasteiger partial charge in [-0.05, 0) is 38.3 Å². The number of carbonyl (C=O) groups excluding carboxylic acids is 1. The molecule has 1 saturated heterocycles. The van der Waals surface area contributed by atoms with Gasteiger partial charge in [0.05, 0.1) is 11.4 Å². The van der Waals surface area contributed by atoms with E-state index < -0.39 is 10.0 Å². The number of carbonyl (C=O) groups is 1. The highest BCUT2D eigenvalue weighted by Crippen LogP contribution is 2.18. The zero-order chi connectivity index (χ0) is 21.0. The summed E-state index contributed by atoms with van der Waals surface area (Å²) >= 11 is 0. The van der Waals surface area contributed by atoms with Gasteiger partial charge >= 0.3 is 0 Å². The molecular formula is C19H26N6O3S. The maximum atomic E-state index is 12.7. The van der Waals surface area contributed by atoms with Crippen LogP contribution in [-0.2, 0) is 16.6 Å². The van der Waals surface area contributed by atoms with E-state index in [1.165, 1.54) is 25.5 Å². The molecule has 0 radical (unpaired) electrons. The van der Waals surface area contributed by atoms with Crippen LogP contribution in [0.2, 0.25) is 0 Å².